The molecule has 2 aromatic rings. The number of aromatic amines is 1. The van der Waals surface area contributed by atoms with Crippen molar-refractivity contribution < 1.29 is 4.79 Å². The van der Waals surface area contributed by atoms with Crippen molar-refractivity contribution >= 4 is 16.8 Å². The average Bonchev–Trinajstić information content (AvgIpc) is 2.58. The molecule has 1 aromatic heterocycles. The van der Waals surface area contributed by atoms with Gasteiger partial charge < -0.3 is 9.88 Å². The minimum absolute atomic E-state index is 0.0608. The third-order valence-electron chi connectivity index (χ3n) is 4.86. The Hall–Kier alpha value is -2.14. The number of hydrogen-bond acceptors (Lipinski definition) is 3. The minimum atomic E-state index is -0.116. The quantitative estimate of drug-likeness (QED) is 0.917. The lowest BCUT2D eigenvalue weighted by Gasteiger charge is -2.39. The lowest BCUT2D eigenvalue weighted by atomic mass is 10.0. The second-order valence-corrected chi connectivity index (χ2v) is 6.60. The molecule has 0 saturated carbocycles. The molecule has 1 aliphatic heterocycles. The Morgan fingerprint density at radius 2 is 2.00 bits per heavy atom. The zero-order chi connectivity index (χ0) is 17.1. The van der Waals surface area contributed by atoms with Crippen LogP contribution in [0.5, 0.6) is 0 Å². The summed E-state index contributed by atoms with van der Waals surface area (Å²) in [5, 5.41) is 1.03. The number of fused-ring (bicyclic) bond motifs is 1. The van der Waals surface area contributed by atoms with E-state index in [9.17, 15) is 9.59 Å². The Morgan fingerprint density at radius 1 is 1.21 bits per heavy atom. The third-order valence-corrected chi connectivity index (χ3v) is 4.86. The number of carbonyl (C=O) groups is 1. The molecule has 1 atom stereocenters. The number of nitrogens with zero attached hydrogens (tertiary/aromatic N) is 2. The van der Waals surface area contributed by atoms with Crippen LogP contribution in [0, 0.1) is 0 Å². The number of likely N-dealkylation sites (N-methyl/N-ethyl adjacent to an activating group) is 1. The van der Waals surface area contributed by atoms with E-state index in [-0.39, 0.29) is 17.5 Å². The number of unbranched alkanes of at least 4 members (excludes halogenated alkanes) is 1. The summed E-state index contributed by atoms with van der Waals surface area (Å²) >= 11 is 0. The number of aromatic nitrogens is 1. The summed E-state index contributed by atoms with van der Waals surface area (Å²) in [4.78, 5) is 31.8. The highest BCUT2D eigenvalue weighted by atomic mass is 16.2. The topological polar surface area (TPSA) is 56.4 Å². The predicted octanol–water partition coefficient (Wildman–Crippen LogP) is 2.36. The predicted molar refractivity (Wildman–Crippen MR) is 95.9 cm³/mol. The summed E-state index contributed by atoms with van der Waals surface area (Å²) in [6.45, 7) is 4.18. The minimum Gasteiger partial charge on any atom is -0.343 e. The monoisotopic (exact) mass is 327 g/mol. The van der Waals surface area contributed by atoms with Crippen molar-refractivity contribution in [1.82, 2.24) is 14.8 Å². The number of para-hydroxylation sites is 1. The van der Waals surface area contributed by atoms with Gasteiger partial charge in [0.25, 0.3) is 5.56 Å². The number of pyridine rings is 1. The van der Waals surface area contributed by atoms with E-state index in [1.54, 1.807) is 4.90 Å². The van der Waals surface area contributed by atoms with Crippen LogP contribution in [0.15, 0.2) is 35.1 Å². The Morgan fingerprint density at radius 3 is 2.79 bits per heavy atom. The largest absolute Gasteiger partial charge is 0.343 e. The van der Waals surface area contributed by atoms with E-state index in [4.69, 9.17) is 0 Å². The molecule has 3 rings (SSSR count). The fourth-order valence-electron chi connectivity index (χ4n) is 3.38. The van der Waals surface area contributed by atoms with E-state index in [1.807, 2.05) is 37.4 Å². The van der Waals surface area contributed by atoms with Crippen molar-refractivity contribution in [2.75, 3.05) is 20.1 Å². The van der Waals surface area contributed by atoms with E-state index < -0.39 is 0 Å². The van der Waals surface area contributed by atoms with Crippen LogP contribution in [-0.2, 0) is 11.3 Å². The molecule has 1 fully saturated rings. The second-order valence-electron chi connectivity index (χ2n) is 6.60. The lowest BCUT2D eigenvalue weighted by Crippen LogP contribution is -2.55. The number of piperazine rings is 1. The summed E-state index contributed by atoms with van der Waals surface area (Å²) < 4.78 is 0. The molecule has 2 heterocycles. The van der Waals surface area contributed by atoms with Gasteiger partial charge in [-0.05, 0) is 23.9 Å². The van der Waals surface area contributed by atoms with Crippen LogP contribution in [0.1, 0.15) is 31.7 Å². The fourth-order valence-corrected chi connectivity index (χ4v) is 3.38. The Kier molecular flexibility index (Phi) is 5.00. The van der Waals surface area contributed by atoms with Crippen molar-refractivity contribution in [3.05, 3.63) is 46.2 Å². The molecule has 1 amide bonds. The number of benzene rings is 1. The normalized spacial score (nSPS) is 19.2. The van der Waals surface area contributed by atoms with Gasteiger partial charge in [0.15, 0.2) is 0 Å². The Labute approximate surface area is 142 Å². The number of carbonyl (C=O) groups excluding carboxylic acids is 1. The first-order valence-corrected chi connectivity index (χ1v) is 8.70. The molecule has 1 N–H and O–H groups in total. The van der Waals surface area contributed by atoms with Gasteiger partial charge in [-0.15, -0.1) is 0 Å². The van der Waals surface area contributed by atoms with Gasteiger partial charge in [0.1, 0.15) is 0 Å². The molecule has 0 radical (unpaired) electrons. The molecule has 5 heteroatoms. The molecule has 0 bridgehead atoms. The van der Waals surface area contributed by atoms with Gasteiger partial charge in [-0.3, -0.25) is 14.5 Å². The first-order chi connectivity index (χ1) is 11.6. The van der Waals surface area contributed by atoms with Crippen LogP contribution in [0.2, 0.25) is 0 Å². The molecular weight excluding hydrogens is 302 g/mol. The van der Waals surface area contributed by atoms with E-state index in [0.717, 1.165) is 42.3 Å². The molecule has 24 heavy (non-hydrogen) atoms. The smallest absolute Gasteiger partial charge is 0.252 e. The highest BCUT2D eigenvalue weighted by Crippen LogP contribution is 2.19. The summed E-state index contributed by atoms with van der Waals surface area (Å²) in [7, 11) is 1.86. The Balaban J connectivity index is 1.86. The summed E-state index contributed by atoms with van der Waals surface area (Å²) in [6, 6.07) is 9.62. The van der Waals surface area contributed by atoms with Gasteiger partial charge in [-0.25, -0.2) is 0 Å². The van der Waals surface area contributed by atoms with Crippen LogP contribution in [0.4, 0.5) is 0 Å². The highest BCUT2D eigenvalue weighted by molar-refractivity contribution is 5.82. The molecule has 1 aromatic carbocycles. The zero-order valence-electron chi connectivity index (χ0n) is 14.4. The summed E-state index contributed by atoms with van der Waals surface area (Å²) in [5.41, 5.74) is 1.52. The maximum atomic E-state index is 12.5. The van der Waals surface area contributed by atoms with Crippen molar-refractivity contribution in [2.45, 2.75) is 38.8 Å². The van der Waals surface area contributed by atoms with Gasteiger partial charge in [0.05, 0.1) is 6.04 Å². The fraction of sp³-hybridized carbons (Fsp3) is 0.474. The van der Waals surface area contributed by atoms with Crippen LogP contribution < -0.4 is 5.56 Å². The first-order valence-electron chi connectivity index (χ1n) is 8.70. The van der Waals surface area contributed by atoms with Gasteiger partial charge >= 0.3 is 0 Å². The maximum absolute atomic E-state index is 12.5. The number of hydrogen-bond donors (Lipinski definition) is 1. The van der Waals surface area contributed by atoms with Crippen molar-refractivity contribution in [3.8, 4) is 0 Å². The number of amides is 1. The molecule has 0 spiro atoms. The SMILES string of the molecule is CCCCC1C(=O)N(C)CCN1Cc1cc2ccccc2[nH]c1=O. The molecule has 1 unspecified atom stereocenters. The van der Waals surface area contributed by atoms with E-state index in [0.29, 0.717) is 13.1 Å². The molecular formula is C19H25N3O2. The number of H-pyrrole nitrogens is 1. The average molecular weight is 327 g/mol. The van der Waals surface area contributed by atoms with Gasteiger partial charge in [0, 0.05) is 37.8 Å². The van der Waals surface area contributed by atoms with Crippen LogP contribution >= 0.6 is 0 Å². The van der Waals surface area contributed by atoms with E-state index >= 15 is 0 Å². The summed E-state index contributed by atoms with van der Waals surface area (Å²) in [5.74, 6) is 0.173. The second kappa shape index (κ2) is 7.18. The zero-order valence-corrected chi connectivity index (χ0v) is 14.4. The molecule has 128 valence electrons. The van der Waals surface area contributed by atoms with Crippen LogP contribution in [0.3, 0.4) is 0 Å². The summed E-state index contributed by atoms with van der Waals surface area (Å²) in [6.07, 6.45) is 2.94. The third kappa shape index (κ3) is 3.36. The number of rotatable bonds is 5. The molecule has 1 saturated heterocycles. The van der Waals surface area contributed by atoms with Crippen molar-refractivity contribution in [2.24, 2.45) is 0 Å². The molecule has 1 aliphatic rings. The van der Waals surface area contributed by atoms with Crippen LogP contribution in [0.25, 0.3) is 10.9 Å². The van der Waals surface area contributed by atoms with E-state index in [2.05, 4.69) is 16.8 Å². The Bertz CT molecular complexity index is 784. The molecule has 0 aliphatic carbocycles. The van der Waals surface area contributed by atoms with Gasteiger partial charge in [-0.2, -0.15) is 0 Å². The van der Waals surface area contributed by atoms with Crippen molar-refractivity contribution in [1.29, 1.82) is 0 Å². The van der Waals surface area contributed by atoms with Crippen molar-refractivity contribution in [3.63, 3.8) is 0 Å². The molecule has 5 nitrogen and oxygen atoms in total. The lowest BCUT2D eigenvalue weighted by molar-refractivity contribution is -0.140. The first kappa shape index (κ1) is 16.7. The van der Waals surface area contributed by atoms with Gasteiger partial charge in [-0.1, -0.05) is 38.0 Å². The van der Waals surface area contributed by atoms with Gasteiger partial charge in [0.2, 0.25) is 5.91 Å². The maximum Gasteiger partial charge on any atom is 0.252 e. The highest BCUT2D eigenvalue weighted by Gasteiger charge is 2.32. The number of nitrogens with one attached hydrogen (secondary N) is 1. The van der Waals surface area contributed by atoms with E-state index in [1.165, 1.54) is 0 Å². The standard InChI is InChI=1S/C19H25N3O2/c1-3-4-9-17-19(24)21(2)10-11-22(17)13-15-12-14-7-5-6-8-16(14)20-18(15)23/h5-8,12,17H,3-4,9-11,13H2,1-2H3,(H,20,23). The van der Waals surface area contributed by atoms with Crippen LogP contribution in [-0.4, -0.2) is 46.9 Å².